The Hall–Kier alpha value is -1.39. The molecule has 0 fully saturated rings. The lowest BCUT2D eigenvalue weighted by atomic mass is 10.00. The quantitative estimate of drug-likeness (QED) is 0.746. The molecule has 0 saturated heterocycles. The third kappa shape index (κ3) is 4.47. The van der Waals surface area contributed by atoms with Crippen LogP contribution in [0, 0.1) is 0 Å². The Kier molecular flexibility index (Phi) is 5.82. The fraction of sp³-hybridized carbons (Fsp3) is 0.385. The second kappa shape index (κ2) is 7.13. The number of aliphatic carboxylic acids is 1. The van der Waals surface area contributed by atoms with Gasteiger partial charge in [0.2, 0.25) is 0 Å². The molecule has 1 aromatic rings. The standard InChI is InChI=1S/C13H16ClNO3/c1-2-15-11(7-8-12(16)17)13(18)9-3-5-10(14)6-4-9/h3-6,11,15H,2,7-8H2,1H3,(H,16,17). The summed E-state index contributed by atoms with van der Waals surface area (Å²) in [5, 5.41) is 12.2. The van der Waals surface area contributed by atoms with Crippen molar-refractivity contribution in [2.24, 2.45) is 0 Å². The molecule has 2 N–H and O–H groups in total. The van der Waals surface area contributed by atoms with Crippen molar-refractivity contribution in [1.82, 2.24) is 5.32 Å². The maximum absolute atomic E-state index is 12.2. The molecule has 98 valence electrons. The van der Waals surface area contributed by atoms with E-state index in [1.807, 2.05) is 6.92 Å². The zero-order chi connectivity index (χ0) is 13.5. The van der Waals surface area contributed by atoms with Gasteiger partial charge in [-0.1, -0.05) is 18.5 Å². The predicted molar refractivity (Wildman–Crippen MR) is 70.1 cm³/mol. The van der Waals surface area contributed by atoms with Crippen molar-refractivity contribution in [2.75, 3.05) is 6.54 Å². The first-order valence-electron chi connectivity index (χ1n) is 5.79. The number of benzene rings is 1. The van der Waals surface area contributed by atoms with Gasteiger partial charge in [0, 0.05) is 17.0 Å². The van der Waals surface area contributed by atoms with Crippen molar-refractivity contribution >= 4 is 23.4 Å². The zero-order valence-corrected chi connectivity index (χ0v) is 10.9. The van der Waals surface area contributed by atoms with E-state index >= 15 is 0 Å². The van der Waals surface area contributed by atoms with Crippen molar-refractivity contribution in [2.45, 2.75) is 25.8 Å². The fourth-order valence-corrected chi connectivity index (χ4v) is 1.78. The Labute approximate surface area is 111 Å². The largest absolute Gasteiger partial charge is 0.481 e. The van der Waals surface area contributed by atoms with Crippen molar-refractivity contribution < 1.29 is 14.7 Å². The summed E-state index contributed by atoms with van der Waals surface area (Å²) in [5.41, 5.74) is 0.538. The third-order valence-corrected chi connectivity index (χ3v) is 2.79. The predicted octanol–water partition coefficient (Wildman–Crippen LogP) is 2.37. The van der Waals surface area contributed by atoms with E-state index in [4.69, 9.17) is 16.7 Å². The van der Waals surface area contributed by atoms with Crippen LogP contribution in [0.25, 0.3) is 0 Å². The summed E-state index contributed by atoms with van der Waals surface area (Å²) < 4.78 is 0. The Morgan fingerprint density at radius 2 is 1.94 bits per heavy atom. The van der Waals surface area contributed by atoms with Crippen molar-refractivity contribution in [1.29, 1.82) is 0 Å². The molecule has 0 amide bonds. The second-order valence-corrected chi connectivity index (χ2v) is 4.35. The van der Waals surface area contributed by atoms with Crippen molar-refractivity contribution in [3.63, 3.8) is 0 Å². The molecule has 18 heavy (non-hydrogen) atoms. The minimum Gasteiger partial charge on any atom is -0.481 e. The van der Waals surface area contributed by atoms with Crippen LogP contribution in [-0.4, -0.2) is 29.4 Å². The highest BCUT2D eigenvalue weighted by Crippen LogP contribution is 2.13. The molecule has 0 saturated carbocycles. The summed E-state index contributed by atoms with van der Waals surface area (Å²) in [4.78, 5) is 22.7. The molecule has 1 aromatic carbocycles. The molecule has 1 unspecified atom stereocenters. The van der Waals surface area contributed by atoms with Crippen LogP contribution in [-0.2, 0) is 4.79 Å². The fourth-order valence-electron chi connectivity index (χ4n) is 1.66. The average Bonchev–Trinajstić information content (AvgIpc) is 2.34. The second-order valence-electron chi connectivity index (χ2n) is 3.91. The van der Waals surface area contributed by atoms with E-state index in [-0.39, 0.29) is 18.6 Å². The highest BCUT2D eigenvalue weighted by Gasteiger charge is 2.19. The van der Waals surface area contributed by atoms with Crippen LogP contribution in [0.4, 0.5) is 0 Å². The number of nitrogens with one attached hydrogen (secondary N) is 1. The molecule has 1 rings (SSSR count). The van der Waals surface area contributed by atoms with E-state index < -0.39 is 12.0 Å². The zero-order valence-electron chi connectivity index (χ0n) is 10.1. The number of ketones is 1. The summed E-state index contributed by atoms with van der Waals surface area (Å²) >= 11 is 5.76. The molecule has 0 spiro atoms. The molecule has 5 heteroatoms. The van der Waals surface area contributed by atoms with E-state index in [1.54, 1.807) is 24.3 Å². The molecule has 0 aliphatic carbocycles. The molecular formula is C13H16ClNO3. The van der Waals surface area contributed by atoms with Gasteiger partial charge in [-0.3, -0.25) is 9.59 Å². The van der Waals surface area contributed by atoms with Crippen LogP contribution < -0.4 is 5.32 Å². The number of carbonyl (C=O) groups is 2. The monoisotopic (exact) mass is 269 g/mol. The first-order chi connectivity index (χ1) is 8.54. The topological polar surface area (TPSA) is 66.4 Å². The number of likely N-dealkylation sites (N-methyl/N-ethyl adjacent to an activating group) is 1. The van der Waals surface area contributed by atoms with Gasteiger partial charge in [-0.2, -0.15) is 0 Å². The number of carboxylic acids is 1. The van der Waals surface area contributed by atoms with Gasteiger partial charge in [-0.05, 0) is 37.2 Å². The summed E-state index contributed by atoms with van der Waals surface area (Å²) in [6, 6.07) is 6.13. The normalized spacial score (nSPS) is 12.1. The molecule has 0 aromatic heterocycles. The smallest absolute Gasteiger partial charge is 0.303 e. The SMILES string of the molecule is CCNC(CCC(=O)O)C(=O)c1ccc(Cl)cc1. The van der Waals surface area contributed by atoms with Gasteiger partial charge >= 0.3 is 5.97 Å². The molecule has 4 nitrogen and oxygen atoms in total. The first kappa shape index (κ1) is 14.7. The van der Waals surface area contributed by atoms with Gasteiger partial charge in [0.1, 0.15) is 0 Å². The number of carbonyl (C=O) groups excluding carboxylic acids is 1. The van der Waals surface area contributed by atoms with Gasteiger partial charge < -0.3 is 10.4 Å². The molecule has 0 aliphatic rings. The van der Waals surface area contributed by atoms with E-state index in [9.17, 15) is 9.59 Å². The lowest BCUT2D eigenvalue weighted by Crippen LogP contribution is -2.37. The van der Waals surface area contributed by atoms with Crippen LogP contribution in [0.15, 0.2) is 24.3 Å². The van der Waals surface area contributed by atoms with Gasteiger partial charge in [0.25, 0.3) is 0 Å². The lowest BCUT2D eigenvalue weighted by Gasteiger charge is -2.15. The number of rotatable bonds is 7. The summed E-state index contributed by atoms with van der Waals surface area (Å²) in [5.74, 6) is -1.00. The molecular weight excluding hydrogens is 254 g/mol. The number of carboxylic acid groups (broad SMARTS) is 1. The van der Waals surface area contributed by atoms with Crippen molar-refractivity contribution in [3.05, 3.63) is 34.9 Å². The van der Waals surface area contributed by atoms with Gasteiger partial charge in [-0.25, -0.2) is 0 Å². The van der Waals surface area contributed by atoms with Crippen LogP contribution in [0.2, 0.25) is 5.02 Å². The van der Waals surface area contributed by atoms with E-state index in [0.717, 1.165) is 0 Å². The van der Waals surface area contributed by atoms with Crippen LogP contribution in [0.1, 0.15) is 30.1 Å². The first-order valence-corrected chi connectivity index (χ1v) is 6.17. The van der Waals surface area contributed by atoms with Gasteiger partial charge in [0.05, 0.1) is 6.04 Å². The minimum absolute atomic E-state index is 0.0308. The number of Topliss-reactive ketones (excluding diaryl/α,β-unsaturated/α-hetero) is 1. The van der Waals surface area contributed by atoms with Gasteiger partial charge in [0.15, 0.2) is 5.78 Å². The van der Waals surface area contributed by atoms with Crippen LogP contribution in [0.3, 0.4) is 0 Å². The molecule has 0 aliphatic heterocycles. The number of hydrogen-bond donors (Lipinski definition) is 2. The number of halogens is 1. The van der Waals surface area contributed by atoms with E-state index in [0.29, 0.717) is 17.1 Å². The minimum atomic E-state index is -0.901. The van der Waals surface area contributed by atoms with Crippen molar-refractivity contribution in [3.8, 4) is 0 Å². The lowest BCUT2D eigenvalue weighted by molar-refractivity contribution is -0.137. The molecule has 0 bridgehead atoms. The van der Waals surface area contributed by atoms with Crippen LogP contribution in [0.5, 0.6) is 0 Å². The average molecular weight is 270 g/mol. The molecule has 0 radical (unpaired) electrons. The summed E-state index contributed by atoms with van der Waals surface area (Å²) in [7, 11) is 0. The maximum atomic E-state index is 12.2. The highest BCUT2D eigenvalue weighted by molar-refractivity contribution is 6.30. The maximum Gasteiger partial charge on any atom is 0.303 e. The van der Waals surface area contributed by atoms with E-state index in [2.05, 4.69) is 5.32 Å². The third-order valence-electron chi connectivity index (χ3n) is 2.54. The van der Waals surface area contributed by atoms with Gasteiger partial charge in [-0.15, -0.1) is 0 Å². The molecule has 0 heterocycles. The van der Waals surface area contributed by atoms with E-state index in [1.165, 1.54) is 0 Å². The summed E-state index contributed by atoms with van der Waals surface area (Å²) in [6.45, 7) is 2.49. The number of hydrogen-bond acceptors (Lipinski definition) is 3. The highest BCUT2D eigenvalue weighted by atomic mass is 35.5. The summed E-state index contributed by atoms with van der Waals surface area (Å²) in [6.07, 6.45) is 0.252. The Balaban J connectivity index is 2.75. The molecule has 1 atom stereocenters. The Morgan fingerprint density at radius 3 is 2.44 bits per heavy atom. The Morgan fingerprint density at radius 1 is 1.33 bits per heavy atom. The Bertz CT molecular complexity index is 417. The van der Waals surface area contributed by atoms with Crippen LogP contribution >= 0.6 is 11.6 Å².